The van der Waals surface area contributed by atoms with Crippen molar-refractivity contribution in [1.29, 1.82) is 0 Å². The van der Waals surface area contributed by atoms with E-state index in [1.165, 1.54) is 0 Å². The molecule has 1 saturated carbocycles. The van der Waals surface area contributed by atoms with Crippen LogP contribution in [0, 0.1) is 5.92 Å². The van der Waals surface area contributed by atoms with Gasteiger partial charge in [-0.3, -0.25) is 4.79 Å². The van der Waals surface area contributed by atoms with Gasteiger partial charge in [0.2, 0.25) is 0 Å². The fraction of sp³-hybridized carbons (Fsp3) is 0.923. The van der Waals surface area contributed by atoms with Gasteiger partial charge in [-0.25, -0.2) is 0 Å². The summed E-state index contributed by atoms with van der Waals surface area (Å²) in [6, 6.07) is 0. The molecule has 2 aliphatic rings. The third-order valence-corrected chi connectivity index (χ3v) is 3.63. The predicted molar refractivity (Wildman–Crippen MR) is 62.7 cm³/mol. The van der Waals surface area contributed by atoms with Gasteiger partial charge in [-0.1, -0.05) is 0 Å². The van der Waals surface area contributed by atoms with Crippen LogP contribution in [0.1, 0.15) is 39.0 Å². The molecular weight excluding hydrogens is 220 g/mol. The minimum Gasteiger partial charge on any atom is -0.381 e. The lowest BCUT2D eigenvalue weighted by Gasteiger charge is -2.35. The molecule has 0 aromatic heterocycles. The van der Waals surface area contributed by atoms with Crippen molar-refractivity contribution < 1.29 is 19.0 Å². The first-order valence-corrected chi connectivity index (χ1v) is 6.64. The highest BCUT2D eigenvalue weighted by Gasteiger charge is 2.42. The normalized spacial score (nSPS) is 27.5. The largest absolute Gasteiger partial charge is 0.381 e. The second-order valence-corrected chi connectivity index (χ2v) is 4.81. The zero-order valence-electron chi connectivity index (χ0n) is 10.6. The van der Waals surface area contributed by atoms with Crippen molar-refractivity contribution in [3.8, 4) is 0 Å². The zero-order chi connectivity index (χ0) is 12.1. The van der Waals surface area contributed by atoms with Gasteiger partial charge in [-0.2, -0.15) is 0 Å². The molecule has 0 aromatic carbocycles. The monoisotopic (exact) mass is 242 g/mol. The maximum atomic E-state index is 12.0. The van der Waals surface area contributed by atoms with Gasteiger partial charge in [0, 0.05) is 31.8 Å². The van der Waals surface area contributed by atoms with Crippen LogP contribution in [0.25, 0.3) is 0 Å². The van der Waals surface area contributed by atoms with Gasteiger partial charge in [0.05, 0.1) is 19.8 Å². The minimum absolute atomic E-state index is 0.0994. The Labute approximate surface area is 103 Å². The molecule has 1 atom stereocenters. The van der Waals surface area contributed by atoms with Gasteiger partial charge < -0.3 is 14.2 Å². The number of rotatable bonds is 5. The number of carbonyl (C=O) groups excluding carboxylic acids is 1. The first kappa shape index (κ1) is 13.0. The molecule has 1 aliphatic carbocycles. The maximum Gasteiger partial charge on any atom is 0.169 e. The van der Waals surface area contributed by atoms with E-state index in [1.807, 2.05) is 6.92 Å². The molecule has 2 rings (SSSR count). The second kappa shape index (κ2) is 5.94. The molecule has 1 spiro atoms. The highest BCUT2D eigenvalue weighted by Crippen LogP contribution is 2.39. The van der Waals surface area contributed by atoms with Crippen LogP contribution in [-0.2, 0) is 19.0 Å². The van der Waals surface area contributed by atoms with Crippen molar-refractivity contribution in [1.82, 2.24) is 0 Å². The van der Waals surface area contributed by atoms with E-state index >= 15 is 0 Å². The van der Waals surface area contributed by atoms with Crippen LogP contribution in [0.3, 0.4) is 0 Å². The van der Waals surface area contributed by atoms with Crippen molar-refractivity contribution in [2.24, 2.45) is 5.92 Å². The lowest BCUT2D eigenvalue weighted by atomic mass is 9.81. The number of hydrogen-bond acceptors (Lipinski definition) is 4. The summed E-state index contributed by atoms with van der Waals surface area (Å²) in [5, 5.41) is 0. The average molecular weight is 242 g/mol. The van der Waals surface area contributed by atoms with Crippen LogP contribution in [0.5, 0.6) is 0 Å². The zero-order valence-corrected chi connectivity index (χ0v) is 10.6. The summed E-state index contributed by atoms with van der Waals surface area (Å²) in [5.41, 5.74) is 0. The molecule has 4 heteroatoms. The van der Waals surface area contributed by atoms with E-state index in [2.05, 4.69) is 0 Å². The van der Waals surface area contributed by atoms with Crippen molar-refractivity contribution >= 4 is 5.78 Å². The maximum absolute atomic E-state index is 12.0. The first-order chi connectivity index (χ1) is 8.26. The third-order valence-electron chi connectivity index (χ3n) is 3.63. The summed E-state index contributed by atoms with van der Waals surface area (Å²) in [4.78, 5) is 12.0. The minimum atomic E-state index is -0.440. The summed E-state index contributed by atoms with van der Waals surface area (Å²) < 4.78 is 16.6. The Balaban J connectivity index is 1.82. The highest BCUT2D eigenvalue weighted by molar-refractivity contribution is 5.81. The number of hydrogen-bond donors (Lipinski definition) is 0. The molecule has 1 saturated heterocycles. The van der Waals surface area contributed by atoms with Gasteiger partial charge in [-0.05, 0) is 19.8 Å². The molecule has 1 unspecified atom stereocenters. The smallest absolute Gasteiger partial charge is 0.169 e. The molecule has 4 nitrogen and oxygen atoms in total. The fourth-order valence-electron chi connectivity index (χ4n) is 2.75. The Morgan fingerprint density at radius 1 is 1.41 bits per heavy atom. The number of carbonyl (C=O) groups is 1. The third kappa shape index (κ3) is 3.27. The molecular formula is C13H22O4. The standard InChI is InChI=1S/C13H22O4/c1-2-15-7-5-12(14)11-4-3-6-13(10-11)16-8-9-17-13/h11H,2-10H2,1H3. The number of Topliss-reactive ketones (excluding diaryl/α,β-unsaturated/α-hetero) is 1. The molecule has 0 amide bonds. The number of ether oxygens (including phenoxy) is 3. The summed E-state index contributed by atoms with van der Waals surface area (Å²) in [6.45, 7) is 4.49. The van der Waals surface area contributed by atoms with Crippen LogP contribution in [-0.4, -0.2) is 38.0 Å². The molecule has 17 heavy (non-hydrogen) atoms. The first-order valence-electron chi connectivity index (χ1n) is 6.64. The van der Waals surface area contributed by atoms with Crippen LogP contribution in [0.15, 0.2) is 0 Å². The van der Waals surface area contributed by atoms with Crippen molar-refractivity contribution in [3.63, 3.8) is 0 Å². The van der Waals surface area contributed by atoms with Gasteiger partial charge in [0.25, 0.3) is 0 Å². The Morgan fingerprint density at radius 3 is 2.88 bits per heavy atom. The lowest BCUT2D eigenvalue weighted by molar-refractivity contribution is -0.188. The van der Waals surface area contributed by atoms with Gasteiger partial charge >= 0.3 is 0 Å². The molecule has 1 heterocycles. The van der Waals surface area contributed by atoms with E-state index in [-0.39, 0.29) is 5.92 Å². The average Bonchev–Trinajstić information content (AvgIpc) is 2.77. The van der Waals surface area contributed by atoms with Crippen molar-refractivity contribution in [3.05, 3.63) is 0 Å². The Kier molecular flexibility index (Phi) is 4.54. The lowest BCUT2D eigenvalue weighted by Crippen LogP contribution is -2.39. The summed E-state index contributed by atoms with van der Waals surface area (Å²) >= 11 is 0. The van der Waals surface area contributed by atoms with Gasteiger partial charge in [-0.15, -0.1) is 0 Å². The highest BCUT2D eigenvalue weighted by atomic mass is 16.7. The van der Waals surface area contributed by atoms with Gasteiger partial charge in [0.1, 0.15) is 5.78 Å². The molecule has 1 aliphatic heterocycles. The summed E-state index contributed by atoms with van der Waals surface area (Å²) in [6.07, 6.45) is 4.18. The van der Waals surface area contributed by atoms with Crippen molar-refractivity contribution in [2.45, 2.75) is 44.8 Å². The summed E-state index contributed by atoms with van der Waals surface area (Å²) in [5.74, 6) is -0.0385. The SMILES string of the molecule is CCOCCC(=O)C1CCCC2(C1)OCCO2. The van der Waals surface area contributed by atoms with E-state index in [0.29, 0.717) is 38.6 Å². The predicted octanol–water partition coefficient (Wildman–Crippen LogP) is 1.92. The van der Waals surface area contributed by atoms with Crippen LogP contribution >= 0.6 is 0 Å². The Hall–Kier alpha value is -0.450. The van der Waals surface area contributed by atoms with Gasteiger partial charge in [0.15, 0.2) is 5.79 Å². The molecule has 0 N–H and O–H groups in total. The fourth-order valence-corrected chi connectivity index (χ4v) is 2.75. The topological polar surface area (TPSA) is 44.8 Å². The molecule has 98 valence electrons. The van der Waals surface area contributed by atoms with Crippen LogP contribution in [0.4, 0.5) is 0 Å². The van der Waals surface area contributed by atoms with Crippen molar-refractivity contribution in [2.75, 3.05) is 26.4 Å². The Bertz CT molecular complexity index is 258. The Morgan fingerprint density at radius 2 is 2.18 bits per heavy atom. The van der Waals surface area contributed by atoms with Crippen LogP contribution < -0.4 is 0 Å². The molecule has 0 radical (unpaired) electrons. The number of ketones is 1. The van der Waals surface area contributed by atoms with E-state index < -0.39 is 5.79 Å². The van der Waals surface area contributed by atoms with E-state index in [0.717, 1.165) is 25.7 Å². The van der Waals surface area contributed by atoms with E-state index in [4.69, 9.17) is 14.2 Å². The molecule has 0 bridgehead atoms. The molecule has 2 fully saturated rings. The molecule has 0 aromatic rings. The van der Waals surface area contributed by atoms with E-state index in [1.54, 1.807) is 0 Å². The quantitative estimate of drug-likeness (QED) is 0.691. The van der Waals surface area contributed by atoms with Crippen LogP contribution in [0.2, 0.25) is 0 Å². The second-order valence-electron chi connectivity index (χ2n) is 4.81. The summed E-state index contributed by atoms with van der Waals surface area (Å²) in [7, 11) is 0. The van der Waals surface area contributed by atoms with E-state index in [9.17, 15) is 4.79 Å².